The molecule has 0 radical (unpaired) electrons. The second-order valence-corrected chi connectivity index (χ2v) is 3.73. The van der Waals surface area contributed by atoms with E-state index < -0.39 is 12.0 Å². The van der Waals surface area contributed by atoms with E-state index in [1.165, 1.54) is 13.4 Å². The average molecular weight is 286 g/mol. The van der Waals surface area contributed by atoms with Gasteiger partial charge in [-0.3, -0.25) is 0 Å². The number of halogens is 1. The van der Waals surface area contributed by atoms with E-state index in [0.717, 1.165) is 6.20 Å². The number of nitrogens with zero attached hydrogens (tertiary/aromatic N) is 4. The van der Waals surface area contributed by atoms with E-state index in [1.54, 1.807) is 19.0 Å². The quantitative estimate of drug-likeness (QED) is 0.333. The Hall–Kier alpha value is -2.29. The predicted octanol–water partition coefficient (Wildman–Crippen LogP) is 0.999. The van der Waals surface area contributed by atoms with Crippen LogP contribution >= 0.6 is 0 Å². The SMILES string of the molecule is COCCOC(=O)Oc1ncc(F)c(N=CN(C)C)n1. The molecule has 0 saturated carbocycles. The van der Waals surface area contributed by atoms with Crippen LogP contribution in [0, 0.1) is 5.82 Å². The first-order valence-corrected chi connectivity index (χ1v) is 5.59. The van der Waals surface area contributed by atoms with Crippen LogP contribution in [0.4, 0.5) is 15.0 Å². The van der Waals surface area contributed by atoms with Gasteiger partial charge in [-0.25, -0.2) is 19.2 Å². The molecule has 1 rings (SSSR count). The van der Waals surface area contributed by atoms with Crippen molar-refractivity contribution in [2.45, 2.75) is 0 Å². The first-order chi connectivity index (χ1) is 9.52. The topological polar surface area (TPSA) is 86.1 Å². The Labute approximate surface area is 115 Å². The molecule has 9 heteroatoms. The lowest BCUT2D eigenvalue weighted by molar-refractivity contribution is 0.0663. The minimum atomic E-state index is -1.00. The molecule has 0 bridgehead atoms. The lowest BCUT2D eigenvalue weighted by Gasteiger charge is -2.05. The van der Waals surface area contributed by atoms with Crippen molar-refractivity contribution in [2.75, 3.05) is 34.4 Å². The Morgan fingerprint density at radius 2 is 2.25 bits per heavy atom. The zero-order valence-corrected chi connectivity index (χ0v) is 11.4. The largest absolute Gasteiger partial charge is 0.516 e. The Bertz CT molecular complexity index is 481. The van der Waals surface area contributed by atoms with E-state index in [9.17, 15) is 9.18 Å². The molecule has 0 aliphatic carbocycles. The maximum atomic E-state index is 13.4. The highest BCUT2D eigenvalue weighted by atomic mass is 19.1. The van der Waals surface area contributed by atoms with E-state index in [2.05, 4.69) is 24.4 Å². The normalized spacial score (nSPS) is 10.6. The lowest BCUT2D eigenvalue weighted by Crippen LogP contribution is -2.15. The summed E-state index contributed by atoms with van der Waals surface area (Å²) in [6.07, 6.45) is 1.20. The van der Waals surface area contributed by atoms with Gasteiger partial charge in [-0.05, 0) is 0 Å². The molecule has 0 aromatic carbocycles. The lowest BCUT2D eigenvalue weighted by atomic mass is 10.5. The first kappa shape index (κ1) is 15.8. The number of carbonyl (C=O) groups is 1. The number of aromatic nitrogens is 2. The number of ether oxygens (including phenoxy) is 3. The number of hydrogen-bond donors (Lipinski definition) is 0. The van der Waals surface area contributed by atoms with E-state index in [0.29, 0.717) is 0 Å². The molecule has 1 heterocycles. The smallest absolute Gasteiger partial charge is 0.431 e. The molecular formula is C11H15FN4O4. The van der Waals surface area contributed by atoms with Gasteiger partial charge in [-0.1, -0.05) is 0 Å². The molecule has 0 fully saturated rings. The molecule has 0 N–H and O–H groups in total. The minimum absolute atomic E-state index is 0.0299. The van der Waals surface area contributed by atoms with Crippen LogP contribution in [-0.4, -0.2) is 61.8 Å². The highest BCUT2D eigenvalue weighted by molar-refractivity contribution is 5.63. The van der Waals surface area contributed by atoms with Gasteiger partial charge in [-0.15, -0.1) is 0 Å². The summed E-state index contributed by atoms with van der Waals surface area (Å²) in [5.41, 5.74) is 0. The summed E-state index contributed by atoms with van der Waals surface area (Å²) < 4.78 is 27.4. The minimum Gasteiger partial charge on any atom is -0.431 e. The number of rotatable bonds is 6. The standard InChI is InChI=1S/C11H15FN4O4/c1-16(2)7-14-9-8(12)6-13-10(15-9)20-11(17)19-5-4-18-3/h6-7H,4-5H2,1-3H3. The molecule has 0 unspecified atom stereocenters. The van der Waals surface area contributed by atoms with Gasteiger partial charge in [0.05, 0.1) is 19.1 Å². The monoisotopic (exact) mass is 286 g/mol. The van der Waals surface area contributed by atoms with Crippen LogP contribution in [0.25, 0.3) is 0 Å². The third kappa shape index (κ3) is 5.57. The second kappa shape index (κ2) is 8.00. The average Bonchev–Trinajstić information content (AvgIpc) is 2.39. The van der Waals surface area contributed by atoms with Crippen molar-refractivity contribution in [3.05, 3.63) is 12.0 Å². The summed E-state index contributed by atoms with van der Waals surface area (Å²) >= 11 is 0. The van der Waals surface area contributed by atoms with Gasteiger partial charge in [0.25, 0.3) is 0 Å². The van der Waals surface area contributed by atoms with E-state index in [-0.39, 0.29) is 25.0 Å². The molecule has 110 valence electrons. The summed E-state index contributed by atoms with van der Waals surface area (Å²) in [5, 5.41) is 0. The van der Waals surface area contributed by atoms with E-state index in [4.69, 9.17) is 4.74 Å². The van der Waals surface area contributed by atoms with Crippen LogP contribution in [0.5, 0.6) is 6.01 Å². The summed E-state index contributed by atoms with van der Waals surface area (Å²) in [7, 11) is 4.90. The molecule has 0 amide bonds. The van der Waals surface area contributed by atoms with Crippen molar-refractivity contribution < 1.29 is 23.4 Å². The summed E-state index contributed by atoms with van der Waals surface area (Å²) in [5.74, 6) is -0.975. The maximum absolute atomic E-state index is 13.4. The zero-order valence-electron chi connectivity index (χ0n) is 11.4. The van der Waals surface area contributed by atoms with Gasteiger partial charge in [0.15, 0.2) is 11.6 Å². The fourth-order valence-electron chi connectivity index (χ4n) is 0.965. The molecule has 0 spiro atoms. The molecule has 0 aliphatic rings. The molecular weight excluding hydrogens is 271 g/mol. The number of methoxy groups -OCH3 is 1. The maximum Gasteiger partial charge on any atom is 0.516 e. The fourth-order valence-corrected chi connectivity index (χ4v) is 0.965. The summed E-state index contributed by atoms with van der Waals surface area (Å²) in [6.45, 7) is 0.264. The van der Waals surface area contributed by atoms with E-state index in [1.807, 2.05) is 0 Å². The Morgan fingerprint density at radius 3 is 2.90 bits per heavy atom. The van der Waals surface area contributed by atoms with Crippen molar-refractivity contribution in [2.24, 2.45) is 4.99 Å². The molecule has 0 atom stereocenters. The van der Waals surface area contributed by atoms with Gasteiger partial charge in [0.1, 0.15) is 6.61 Å². The molecule has 1 aromatic heterocycles. The van der Waals surface area contributed by atoms with Crippen molar-refractivity contribution in [3.63, 3.8) is 0 Å². The van der Waals surface area contributed by atoms with Crippen molar-refractivity contribution >= 4 is 18.3 Å². The summed E-state index contributed by atoms with van der Waals surface area (Å²) in [4.78, 5) is 23.8. The summed E-state index contributed by atoms with van der Waals surface area (Å²) in [6, 6.07) is -0.347. The van der Waals surface area contributed by atoms with Crippen LogP contribution in [0.2, 0.25) is 0 Å². The van der Waals surface area contributed by atoms with Gasteiger partial charge < -0.3 is 19.1 Å². The van der Waals surface area contributed by atoms with Crippen molar-refractivity contribution in [1.29, 1.82) is 0 Å². The third-order valence-corrected chi connectivity index (χ3v) is 1.80. The fraction of sp³-hybridized carbons (Fsp3) is 0.455. The van der Waals surface area contributed by atoms with Crippen LogP contribution < -0.4 is 4.74 Å². The second-order valence-electron chi connectivity index (χ2n) is 3.73. The number of carbonyl (C=O) groups excluding carboxylic acids is 1. The first-order valence-electron chi connectivity index (χ1n) is 5.59. The molecule has 20 heavy (non-hydrogen) atoms. The highest BCUT2D eigenvalue weighted by Crippen LogP contribution is 2.16. The van der Waals surface area contributed by atoms with Gasteiger partial charge in [0, 0.05) is 21.2 Å². The van der Waals surface area contributed by atoms with E-state index >= 15 is 0 Å². The van der Waals surface area contributed by atoms with Gasteiger partial charge in [0.2, 0.25) is 0 Å². The number of hydrogen-bond acceptors (Lipinski definition) is 7. The Balaban J connectivity index is 2.67. The van der Waals surface area contributed by atoms with Crippen molar-refractivity contribution in [3.8, 4) is 6.01 Å². The van der Waals surface area contributed by atoms with Crippen LogP contribution in [0.3, 0.4) is 0 Å². The molecule has 0 saturated heterocycles. The van der Waals surface area contributed by atoms with Crippen LogP contribution in [-0.2, 0) is 9.47 Å². The highest BCUT2D eigenvalue weighted by Gasteiger charge is 2.11. The van der Waals surface area contributed by atoms with Crippen molar-refractivity contribution in [1.82, 2.24) is 14.9 Å². The molecule has 1 aromatic rings. The predicted molar refractivity (Wildman–Crippen MR) is 67.7 cm³/mol. The molecule has 8 nitrogen and oxygen atoms in total. The van der Waals surface area contributed by atoms with Crippen LogP contribution in [0.15, 0.2) is 11.2 Å². The Kier molecular flexibility index (Phi) is 6.30. The van der Waals surface area contributed by atoms with Crippen LogP contribution in [0.1, 0.15) is 0 Å². The Morgan fingerprint density at radius 1 is 1.50 bits per heavy atom. The third-order valence-electron chi connectivity index (χ3n) is 1.80. The van der Waals surface area contributed by atoms with Gasteiger partial charge >= 0.3 is 12.2 Å². The van der Waals surface area contributed by atoms with Gasteiger partial charge in [-0.2, -0.15) is 4.98 Å². The zero-order chi connectivity index (χ0) is 15.0. The number of aliphatic imine (C=N–C) groups is 1. The molecule has 0 aliphatic heterocycles.